The molecular weight excluding hydrogens is 279 g/mol. The van der Waals surface area contributed by atoms with Crippen LogP contribution >= 0.6 is 0 Å². The van der Waals surface area contributed by atoms with Crippen LogP contribution in [0.2, 0.25) is 0 Å². The van der Waals surface area contributed by atoms with Crippen LogP contribution in [0.1, 0.15) is 44.7 Å². The van der Waals surface area contributed by atoms with Gasteiger partial charge in [-0.25, -0.2) is 13.2 Å². The van der Waals surface area contributed by atoms with Gasteiger partial charge in [-0.15, -0.1) is 0 Å². The lowest BCUT2D eigenvalue weighted by Gasteiger charge is -2.31. The molecule has 21 heavy (non-hydrogen) atoms. The molecule has 2 saturated heterocycles. The predicted molar refractivity (Wildman–Crippen MR) is 72.4 cm³/mol. The van der Waals surface area contributed by atoms with Gasteiger partial charge in [0.2, 0.25) is 5.91 Å². The Balaban J connectivity index is 1.95. The van der Waals surface area contributed by atoms with E-state index in [9.17, 15) is 18.0 Å². The Hall–Kier alpha value is -1.52. The molecule has 1 amide bonds. The zero-order valence-corrected chi connectivity index (χ0v) is 12.1. The first kappa shape index (κ1) is 14.4. The largest absolute Gasteiger partial charge is 0.332 e. The first-order chi connectivity index (χ1) is 9.74. The molecule has 3 rings (SSSR count). The molecule has 2 nitrogen and oxygen atoms in total. The second-order valence-electron chi connectivity index (χ2n) is 6.44. The molecule has 2 fully saturated rings. The van der Waals surface area contributed by atoms with Crippen molar-refractivity contribution in [2.45, 2.75) is 51.1 Å². The van der Waals surface area contributed by atoms with Crippen molar-refractivity contribution < 1.29 is 18.0 Å². The highest BCUT2D eigenvalue weighted by Gasteiger charge is 2.62. The lowest BCUT2D eigenvalue weighted by Crippen LogP contribution is -2.44. The maximum atomic E-state index is 13.9. The lowest BCUT2D eigenvalue weighted by atomic mass is 9.80. The summed E-state index contributed by atoms with van der Waals surface area (Å²) in [4.78, 5) is 14.1. The Morgan fingerprint density at radius 3 is 2.67 bits per heavy atom. The molecule has 0 saturated carbocycles. The molecule has 3 atom stereocenters. The number of carbonyl (C=O) groups excluding carboxylic acids is 1. The van der Waals surface area contributed by atoms with E-state index in [1.165, 1.54) is 19.1 Å². The summed E-state index contributed by atoms with van der Waals surface area (Å²) in [6.07, 6.45) is 1.56. The maximum absolute atomic E-state index is 13.9. The van der Waals surface area contributed by atoms with Gasteiger partial charge in [0.05, 0.1) is 6.04 Å². The van der Waals surface area contributed by atoms with Crippen molar-refractivity contribution >= 4 is 5.91 Å². The minimum atomic E-state index is -3.05. The Morgan fingerprint density at radius 2 is 2.05 bits per heavy atom. The monoisotopic (exact) mass is 297 g/mol. The molecule has 0 bridgehead atoms. The standard InChI is InChI=1S/C16H18F3NO/c1-15(16(2,18)19)9-12-6-7-13(20(12)14(15)21)10-4-3-5-11(17)8-10/h3-5,8,12-13H,6-7,9H2,1-2H3/t12-,13-,15?/m0/s1. The number of fused-ring (bicyclic) bond motifs is 1. The molecule has 1 aromatic carbocycles. The summed E-state index contributed by atoms with van der Waals surface area (Å²) < 4.78 is 41.1. The number of halogens is 3. The van der Waals surface area contributed by atoms with Crippen molar-refractivity contribution in [3.8, 4) is 0 Å². The highest BCUT2D eigenvalue weighted by molar-refractivity contribution is 5.87. The van der Waals surface area contributed by atoms with Crippen LogP contribution in [-0.2, 0) is 4.79 Å². The number of hydrogen-bond acceptors (Lipinski definition) is 1. The summed E-state index contributed by atoms with van der Waals surface area (Å²) in [5.74, 6) is -3.93. The number of amides is 1. The van der Waals surface area contributed by atoms with Crippen LogP contribution in [-0.4, -0.2) is 22.8 Å². The quantitative estimate of drug-likeness (QED) is 0.810. The Labute approximate surface area is 121 Å². The third kappa shape index (κ3) is 2.05. The number of hydrogen-bond donors (Lipinski definition) is 0. The van der Waals surface area contributed by atoms with Gasteiger partial charge in [0, 0.05) is 13.0 Å². The third-order valence-corrected chi connectivity index (χ3v) is 5.06. The molecule has 2 aliphatic rings. The van der Waals surface area contributed by atoms with Crippen LogP contribution in [0.3, 0.4) is 0 Å². The number of nitrogens with zero attached hydrogens (tertiary/aromatic N) is 1. The molecule has 0 radical (unpaired) electrons. The van der Waals surface area contributed by atoms with Gasteiger partial charge < -0.3 is 4.90 Å². The van der Waals surface area contributed by atoms with E-state index in [-0.39, 0.29) is 24.3 Å². The fourth-order valence-electron chi connectivity index (χ4n) is 3.64. The average Bonchev–Trinajstić information content (AvgIpc) is 2.89. The fraction of sp³-hybridized carbons (Fsp3) is 0.562. The van der Waals surface area contributed by atoms with Crippen LogP contribution in [0.25, 0.3) is 0 Å². The van der Waals surface area contributed by atoms with Gasteiger partial charge in [-0.3, -0.25) is 4.79 Å². The molecule has 0 N–H and O–H groups in total. The van der Waals surface area contributed by atoms with E-state index in [4.69, 9.17) is 0 Å². The summed E-state index contributed by atoms with van der Waals surface area (Å²) in [6, 6.07) is 5.62. The summed E-state index contributed by atoms with van der Waals surface area (Å²) in [6.45, 7) is 2.15. The minimum Gasteiger partial charge on any atom is -0.332 e. The SMILES string of the molecule is CC(F)(F)C1(C)C[C@@H]2CC[C@@H](c3cccc(F)c3)N2C1=O. The van der Waals surface area contributed by atoms with Gasteiger partial charge in [0.25, 0.3) is 5.92 Å². The molecule has 114 valence electrons. The zero-order valence-electron chi connectivity index (χ0n) is 12.1. The molecule has 2 aliphatic heterocycles. The second kappa shape index (κ2) is 4.49. The molecule has 5 heteroatoms. The van der Waals surface area contributed by atoms with E-state index in [1.54, 1.807) is 17.0 Å². The summed E-state index contributed by atoms with van der Waals surface area (Å²) in [5.41, 5.74) is -0.960. The van der Waals surface area contributed by atoms with Crippen molar-refractivity contribution in [3.63, 3.8) is 0 Å². The third-order valence-electron chi connectivity index (χ3n) is 5.06. The molecule has 1 aromatic rings. The van der Waals surface area contributed by atoms with E-state index in [0.29, 0.717) is 18.4 Å². The summed E-state index contributed by atoms with van der Waals surface area (Å²) >= 11 is 0. The topological polar surface area (TPSA) is 20.3 Å². The molecule has 1 unspecified atom stereocenters. The van der Waals surface area contributed by atoms with Crippen LogP contribution < -0.4 is 0 Å². The van der Waals surface area contributed by atoms with Crippen molar-refractivity contribution in [1.82, 2.24) is 4.90 Å². The van der Waals surface area contributed by atoms with Gasteiger partial charge in [-0.1, -0.05) is 12.1 Å². The van der Waals surface area contributed by atoms with Gasteiger partial charge >= 0.3 is 0 Å². The van der Waals surface area contributed by atoms with E-state index in [0.717, 1.165) is 6.92 Å². The van der Waals surface area contributed by atoms with Crippen molar-refractivity contribution in [3.05, 3.63) is 35.6 Å². The van der Waals surface area contributed by atoms with Crippen LogP contribution in [0.5, 0.6) is 0 Å². The number of rotatable bonds is 2. The molecule has 0 spiro atoms. The predicted octanol–water partition coefficient (Wildman–Crippen LogP) is 3.92. The molecule has 2 heterocycles. The molecule has 0 aliphatic carbocycles. The van der Waals surface area contributed by atoms with E-state index in [2.05, 4.69) is 0 Å². The van der Waals surface area contributed by atoms with Gasteiger partial charge in [0.1, 0.15) is 11.2 Å². The van der Waals surface area contributed by atoms with Gasteiger partial charge in [0.15, 0.2) is 0 Å². The van der Waals surface area contributed by atoms with Gasteiger partial charge in [-0.05, 0) is 43.9 Å². The summed E-state index contributed by atoms with van der Waals surface area (Å²) in [5, 5.41) is 0. The Bertz CT molecular complexity index is 583. The number of benzene rings is 1. The molecule has 0 aromatic heterocycles. The van der Waals surface area contributed by atoms with Crippen LogP contribution in [0, 0.1) is 11.2 Å². The van der Waals surface area contributed by atoms with E-state index < -0.39 is 17.2 Å². The maximum Gasteiger partial charge on any atom is 0.259 e. The van der Waals surface area contributed by atoms with E-state index >= 15 is 0 Å². The van der Waals surface area contributed by atoms with Gasteiger partial charge in [-0.2, -0.15) is 0 Å². The minimum absolute atomic E-state index is 0.165. The number of alkyl halides is 2. The Kier molecular flexibility index (Phi) is 3.08. The first-order valence-electron chi connectivity index (χ1n) is 7.20. The molecular formula is C16H18F3NO. The van der Waals surface area contributed by atoms with Crippen molar-refractivity contribution in [2.75, 3.05) is 0 Å². The summed E-state index contributed by atoms with van der Waals surface area (Å²) in [7, 11) is 0. The van der Waals surface area contributed by atoms with Crippen molar-refractivity contribution in [2.24, 2.45) is 5.41 Å². The number of carbonyl (C=O) groups is 1. The van der Waals surface area contributed by atoms with Crippen LogP contribution in [0.15, 0.2) is 24.3 Å². The lowest BCUT2D eigenvalue weighted by molar-refractivity contribution is -0.156. The smallest absolute Gasteiger partial charge is 0.259 e. The fourth-order valence-corrected chi connectivity index (χ4v) is 3.64. The highest BCUT2D eigenvalue weighted by atomic mass is 19.3. The van der Waals surface area contributed by atoms with Crippen molar-refractivity contribution in [1.29, 1.82) is 0 Å². The first-order valence-corrected chi connectivity index (χ1v) is 7.20. The Morgan fingerprint density at radius 1 is 1.33 bits per heavy atom. The second-order valence-corrected chi connectivity index (χ2v) is 6.44. The normalized spacial score (nSPS) is 32.6. The average molecular weight is 297 g/mol. The van der Waals surface area contributed by atoms with Crippen LogP contribution in [0.4, 0.5) is 13.2 Å². The highest BCUT2D eigenvalue weighted by Crippen LogP contribution is 2.54. The van der Waals surface area contributed by atoms with E-state index in [1.807, 2.05) is 0 Å². The zero-order chi connectivity index (χ0) is 15.4.